The Hall–Kier alpha value is -1.10. The number of ether oxygens (including phenoxy) is 1. The molecule has 0 unspecified atom stereocenters. The predicted octanol–water partition coefficient (Wildman–Crippen LogP) is -0.685. The average Bonchev–Trinajstić information content (AvgIpc) is 1.57. The van der Waals surface area contributed by atoms with Crippen LogP contribution >= 0.6 is 0 Å². The molecule has 1 aliphatic rings. The molecule has 1 heterocycles. The molecular formula is C5H6O5. The van der Waals surface area contributed by atoms with Crippen molar-refractivity contribution in [1.82, 2.24) is 0 Å². The molecule has 56 valence electrons. The van der Waals surface area contributed by atoms with Gasteiger partial charge >= 0.3 is 11.9 Å². The molecule has 1 aliphatic heterocycles. The lowest BCUT2D eigenvalue weighted by atomic mass is 9.95. The van der Waals surface area contributed by atoms with Gasteiger partial charge in [0.05, 0.1) is 6.61 Å². The molecule has 0 aromatic rings. The van der Waals surface area contributed by atoms with Gasteiger partial charge < -0.3 is 14.9 Å². The highest BCUT2D eigenvalue weighted by Crippen LogP contribution is 2.26. The highest BCUT2D eigenvalue weighted by molar-refractivity contribution is 6.02. The minimum atomic E-state index is -1.94. The van der Waals surface area contributed by atoms with Crippen LogP contribution in [-0.2, 0) is 14.3 Å². The molecule has 5 heteroatoms. The van der Waals surface area contributed by atoms with Crippen molar-refractivity contribution in [2.75, 3.05) is 6.61 Å². The molecule has 0 bridgehead atoms. The maximum atomic E-state index is 10.2. The summed E-state index contributed by atoms with van der Waals surface area (Å²) in [5.41, 5.74) is -1.94. The number of hydrogen-bond donors (Lipinski definition) is 2. The van der Waals surface area contributed by atoms with Crippen molar-refractivity contribution in [2.45, 2.75) is 12.0 Å². The van der Waals surface area contributed by atoms with Crippen molar-refractivity contribution in [3.8, 4) is 0 Å². The molecule has 5 nitrogen and oxygen atoms in total. The monoisotopic (exact) mass is 146 g/mol. The van der Waals surface area contributed by atoms with Crippen LogP contribution in [0.25, 0.3) is 0 Å². The largest absolute Gasteiger partial charge is 0.479 e. The van der Waals surface area contributed by atoms with E-state index in [1.54, 1.807) is 0 Å². The van der Waals surface area contributed by atoms with E-state index in [-0.39, 0.29) is 13.0 Å². The fraction of sp³-hybridized carbons (Fsp3) is 0.600. The topological polar surface area (TPSA) is 83.8 Å². The molecule has 0 radical (unpaired) electrons. The number of hydrogen-bond acceptors (Lipinski definition) is 3. The zero-order valence-corrected chi connectivity index (χ0v) is 5.03. The molecule has 1 fully saturated rings. The van der Waals surface area contributed by atoms with Gasteiger partial charge in [0.1, 0.15) is 0 Å². The first-order valence-corrected chi connectivity index (χ1v) is 2.70. The number of carboxylic acids is 2. The summed E-state index contributed by atoms with van der Waals surface area (Å²) in [6, 6.07) is 0. The van der Waals surface area contributed by atoms with Crippen LogP contribution in [-0.4, -0.2) is 34.4 Å². The van der Waals surface area contributed by atoms with Crippen molar-refractivity contribution >= 4 is 11.9 Å². The Kier molecular flexibility index (Phi) is 1.37. The van der Waals surface area contributed by atoms with Crippen LogP contribution in [0, 0.1) is 0 Å². The lowest BCUT2D eigenvalue weighted by Crippen LogP contribution is -2.56. The maximum Gasteiger partial charge on any atom is 0.347 e. The van der Waals surface area contributed by atoms with Gasteiger partial charge in [-0.05, 0) is 0 Å². The molecule has 1 rings (SSSR count). The van der Waals surface area contributed by atoms with Gasteiger partial charge in [-0.3, -0.25) is 0 Å². The molecule has 0 spiro atoms. The highest BCUT2D eigenvalue weighted by atomic mass is 16.6. The molecule has 0 aromatic carbocycles. The summed E-state index contributed by atoms with van der Waals surface area (Å²) >= 11 is 0. The summed E-state index contributed by atoms with van der Waals surface area (Å²) in [6.45, 7) is 0.207. The number of carbonyl (C=O) groups is 2. The van der Waals surface area contributed by atoms with Gasteiger partial charge in [-0.25, -0.2) is 9.59 Å². The summed E-state index contributed by atoms with van der Waals surface area (Å²) in [4.78, 5) is 20.5. The fourth-order valence-electron chi connectivity index (χ4n) is 0.735. The minimum absolute atomic E-state index is 0.0532. The Bertz CT molecular complexity index is 164. The van der Waals surface area contributed by atoms with Crippen LogP contribution in [0.15, 0.2) is 0 Å². The van der Waals surface area contributed by atoms with E-state index in [0.29, 0.717) is 0 Å². The Morgan fingerprint density at radius 2 is 1.70 bits per heavy atom. The normalized spacial score (nSPS) is 21.2. The van der Waals surface area contributed by atoms with E-state index in [1.807, 2.05) is 0 Å². The van der Waals surface area contributed by atoms with Gasteiger partial charge in [0.2, 0.25) is 0 Å². The molecule has 0 atom stereocenters. The second-order valence-corrected chi connectivity index (χ2v) is 2.04. The molecule has 2 N–H and O–H groups in total. The maximum absolute atomic E-state index is 10.2. The first-order valence-electron chi connectivity index (χ1n) is 2.70. The van der Waals surface area contributed by atoms with Crippen molar-refractivity contribution in [3.05, 3.63) is 0 Å². The lowest BCUT2D eigenvalue weighted by molar-refractivity contribution is -0.207. The van der Waals surface area contributed by atoms with Crippen LogP contribution in [0.4, 0.5) is 0 Å². The third kappa shape index (κ3) is 0.672. The number of aliphatic carboxylic acids is 2. The van der Waals surface area contributed by atoms with Gasteiger partial charge in [-0.2, -0.15) is 0 Å². The Morgan fingerprint density at radius 3 is 1.70 bits per heavy atom. The number of rotatable bonds is 2. The van der Waals surface area contributed by atoms with Gasteiger partial charge in [-0.15, -0.1) is 0 Å². The summed E-state index contributed by atoms with van der Waals surface area (Å²) in [5, 5.41) is 16.7. The second kappa shape index (κ2) is 1.95. The zero-order chi connectivity index (χ0) is 7.78. The molecule has 0 aliphatic carbocycles. The summed E-state index contributed by atoms with van der Waals surface area (Å²) in [7, 11) is 0. The van der Waals surface area contributed by atoms with Gasteiger partial charge in [0, 0.05) is 6.42 Å². The molecule has 0 amide bonds. The Balaban J connectivity index is 2.78. The first-order chi connectivity index (χ1) is 4.59. The van der Waals surface area contributed by atoms with Crippen molar-refractivity contribution in [3.63, 3.8) is 0 Å². The van der Waals surface area contributed by atoms with E-state index in [1.165, 1.54) is 0 Å². The van der Waals surface area contributed by atoms with Crippen LogP contribution < -0.4 is 0 Å². The van der Waals surface area contributed by atoms with Gasteiger partial charge in [-0.1, -0.05) is 0 Å². The molecule has 10 heavy (non-hydrogen) atoms. The van der Waals surface area contributed by atoms with E-state index in [2.05, 4.69) is 4.74 Å². The summed E-state index contributed by atoms with van der Waals surface area (Å²) < 4.78 is 4.44. The standard InChI is InChI=1S/C5H6O5/c6-3(7)5(4(8)9)1-2-10-5/h1-2H2,(H,6,7)(H,8,9). The van der Waals surface area contributed by atoms with E-state index in [0.717, 1.165) is 0 Å². The minimum Gasteiger partial charge on any atom is -0.479 e. The van der Waals surface area contributed by atoms with Crippen molar-refractivity contribution < 1.29 is 24.5 Å². The SMILES string of the molecule is O=C(O)C1(C(=O)O)CCO1. The van der Waals surface area contributed by atoms with E-state index in [9.17, 15) is 9.59 Å². The quantitative estimate of drug-likeness (QED) is 0.504. The van der Waals surface area contributed by atoms with Crippen molar-refractivity contribution in [2.24, 2.45) is 0 Å². The molecular weight excluding hydrogens is 140 g/mol. The Labute approximate surface area is 56.2 Å². The second-order valence-electron chi connectivity index (χ2n) is 2.04. The lowest BCUT2D eigenvalue weighted by Gasteiger charge is -2.33. The first kappa shape index (κ1) is 7.01. The van der Waals surface area contributed by atoms with Gasteiger partial charge in [0.25, 0.3) is 5.60 Å². The van der Waals surface area contributed by atoms with Crippen LogP contribution in [0.1, 0.15) is 6.42 Å². The smallest absolute Gasteiger partial charge is 0.347 e. The summed E-state index contributed by atoms with van der Waals surface area (Å²) in [5.74, 6) is -2.85. The fourth-order valence-corrected chi connectivity index (χ4v) is 0.735. The molecule has 1 saturated heterocycles. The van der Waals surface area contributed by atoms with E-state index >= 15 is 0 Å². The van der Waals surface area contributed by atoms with Crippen molar-refractivity contribution in [1.29, 1.82) is 0 Å². The van der Waals surface area contributed by atoms with E-state index < -0.39 is 17.5 Å². The predicted molar refractivity (Wildman–Crippen MR) is 28.6 cm³/mol. The van der Waals surface area contributed by atoms with Gasteiger partial charge in [0.15, 0.2) is 0 Å². The third-order valence-corrected chi connectivity index (χ3v) is 1.49. The molecule has 0 aromatic heterocycles. The zero-order valence-electron chi connectivity index (χ0n) is 5.03. The Morgan fingerprint density at radius 1 is 1.30 bits per heavy atom. The summed E-state index contributed by atoms with van der Waals surface area (Å²) in [6.07, 6.45) is 0.0532. The van der Waals surface area contributed by atoms with E-state index in [4.69, 9.17) is 10.2 Å². The van der Waals surface area contributed by atoms with Crippen LogP contribution in [0.3, 0.4) is 0 Å². The molecule has 0 saturated carbocycles. The highest BCUT2D eigenvalue weighted by Gasteiger charge is 2.53. The average molecular weight is 146 g/mol. The number of carboxylic acid groups (broad SMARTS) is 2. The van der Waals surface area contributed by atoms with Crippen LogP contribution in [0.5, 0.6) is 0 Å². The third-order valence-electron chi connectivity index (χ3n) is 1.49. The van der Waals surface area contributed by atoms with Crippen LogP contribution in [0.2, 0.25) is 0 Å².